The van der Waals surface area contributed by atoms with Crippen LogP contribution < -0.4 is 11.5 Å². The first kappa shape index (κ1) is 17.5. The van der Waals surface area contributed by atoms with E-state index in [0.29, 0.717) is 0 Å². The summed E-state index contributed by atoms with van der Waals surface area (Å²) >= 11 is 1.62. The topological polar surface area (TPSA) is 80.7 Å². The molecule has 19 heavy (non-hydrogen) atoms. The number of thioether (sulfide) groups is 1. The van der Waals surface area contributed by atoms with E-state index >= 15 is 0 Å². The summed E-state index contributed by atoms with van der Waals surface area (Å²) in [7, 11) is 0. The van der Waals surface area contributed by atoms with Crippen molar-refractivity contribution in [1.29, 1.82) is 0 Å². The van der Waals surface area contributed by atoms with Gasteiger partial charge in [-0.25, -0.2) is 4.98 Å². The van der Waals surface area contributed by atoms with Gasteiger partial charge in [-0.2, -0.15) is 0 Å². The van der Waals surface area contributed by atoms with Crippen LogP contribution in [-0.4, -0.2) is 22.3 Å². The molecular weight excluding hydrogens is 256 g/mol. The van der Waals surface area contributed by atoms with E-state index in [2.05, 4.69) is 23.0 Å². The second-order valence-electron chi connectivity index (χ2n) is 3.36. The number of rotatable bonds is 3. The van der Waals surface area contributed by atoms with Gasteiger partial charge in [0.1, 0.15) is 5.65 Å². The third kappa shape index (κ3) is 6.88. The largest absolute Gasteiger partial charge is 0.404 e. The molecule has 0 aromatic carbocycles. The van der Waals surface area contributed by atoms with Gasteiger partial charge in [0.15, 0.2) is 0 Å². The summed E-state index contributed by atoms with van der Waals surface area (Å²) in [5.74, 6) is 0.952. The Hall–Kier alpha value is -1.46. The lowest BCUT2D eigenvalue weighted by atomic mass is 10.2. The van der Waals surface area contributed by atoms with E-state index in [-0.39, 0.29) is 0 Å². The molecular formula is C14H24N4S. The summed E-state index contributed by atoms with van der Waals surface area (Å²) in [6.07, 6.45) is 5.27. The lowest BCUT2D eigenvalue weighted by molar-refractivity contribution is 1.15. The summed E-state index contributed by atoms with van der Waals surface area (Å²) in [6.45, 7) is 6.79. The van der Waals surface area contributed by atoms with Crippen molar-refractivity contribution in [2.75, 3.05) is 12.3 Å². The molecule has 0 unspecified atom stereocenters. The van der Waals surface area contributed by atoms with Gasteiger partial charge in [0.05, 0.1) is 0 Å². The van der Waals surface area contributed by atoms with Crippen molar-refractivity contribution in [2.45, 2.75) is 20.8 Å². The fourth-order valence-corrected chi connectivity index (χ4v) is 1.67. The minimum atomic E-state index is 0.717. The van der Waals surface area contributed by atoms with Gasteiger partial charge in [0, 0.05) is 36.3 Å². The molecule has 0 atom stereocenters. The number of fused-ring (bicyclic) bond motifs is 1. The maximum atomic E-state index is 5.17. The predicted octanol–water partition coefficient (Wildman–Crippen LogP) is 3.01. The smallest absolute Gasteiger partial charge is 0.137 e. The van der Waals surface area contributed by atoms with Crippen molar-refractivity contribution >= 4 is 22.8 Å². The van der Waals surface area contributed by atoms with Crippen LogP contribution in [-0.2, 0) is 0 Å². The SMILES string of the molecule is CC.Cc1c[nH]c2ncccc12.N/C=C\SCCN. The molecule has 2 aromatic rings. The molecule has 0 radical (unpaired) electrons. The molecule has 2 rings (SSSR count). The van der Waals surface area contributed by atoms with E-state index in [9.17, 15) is 0 Å². The average Bonchev–Trinajstić information content (AvgIpc) is 2.85. The molecule has 2 aromatic heterocycles. The van der Waals surface area contributed by atoms with Crippen LogP contribution >= 0.6 is 11.8 Å². The fraction of sp³-hybridized carbons (Fsp3) is 0.357. The number of aromatic amines is 1. The van der Waals surface area contributed by atoms with Gasteiger partial charge in [0.25, 0.3) is 0 Å². The molecule has 0 aliphatic heterocycles. The van der Waals surface area contributed by atoms with Crippen molar-refractivity contribution in [3.05, 3.63) is 41.7 Å². The molecule has 5 heteroatoms. The Morgan fingerprint density at radius 2 is 2.16 bits per heavy atom. The zero-order chi connectivity index (χ0) is 14.5. The van der Waals surface area contributed by atoms with E-state index in [1.165, 1.54) is 17.1 Å². The Morgan fingerprint density at radius 1 is 1.42 bits per heavy atom. The van der Waals surface area contributed by atoms with Gasteiger partial charge in [-0.15, -0.1) is 11.8 Å². The molecule has 0 fully saturated rings. The van der Waals surface area contributed by atoms with Crippen molar-refractivity contribution in [2.24, 2.45) is 11.5 Å². The molecule has 0 aliphatic carbocycles. The second kappa shape index (κ2) is 11.6. The molecule has 0 saturated heterocycles. The van der Waals surface area contributed by atoms with Crippen molar-refractivity contribution < 1.29 is 0 Å². The second-order valence-corrected chi connectivity index (χ2v) is 4.37. The van der Waals surface area contributed by atoms with Gasteiger partial charge >= 0.3 is 0 Å². The van der Waals surface area contributed by atoms with Gasteiger partial charge in [-0.3, -0.25) is 0 Å². The number of hydrogen-bond donors (Lipinski definition) is 3. The molecule has 0 bridgehead atoms. The Labute approximate surface area is 119 Å². The maximum absolute atomic E-state index is 5.17. The number of nitrogens with two attached hydrogens (primary N) is 2. The lowest BCUT2D eigenvalue weighted by Gasteiger charge is -1.86. The molecule has 0 amide bonds. The third-order valence-corrected chi connectivity index (χ3v) is 2.89. The van der Waals surface area contributed by atoms with Crippen LogP contribution in [0.3, 0.4) is 0 Å². The summed E-state index contributed by atoms with van der Waals surface area (Å²) < 4.78 is 0. The lowest BCUT2D eigenvalue weighted by Crippen LogP contribution is -1.99. The number of pyridine rings is 1. The standard InChI is InChI=1S/C8H8N2.C4H10N2S.C2H6/c1-6-5-10-8-7(6)3-2-4-9-8;5-1-3-7-4-2-6;1-2/h2-5H,1H3,(H,9,10);1,3H,2,4-6H2;1-2H3/b;3-1-;. The van der Waals surface area contributed by atoms with Crippen molar-refractivity contribution in [3.8, 4) is 0 Å². The van der Waals surface area contributed by atoms with Gasteiger partial charge in [0.2, 0.25) is 0 Å². The van der Waals surface area contributed by atoms with Crippen LogP contribution in [0.4, 0.5) is 0 Å². The highest BCUT2D eigenvalue weighted by atomic mass is 32.2. The van der Waals surface area contributed by atoms with E-state index in [0.717, 1.165) is 17.9 Å². The van der Waals surface area contributed by atoms with Crippen LogP contribution in [0.25, 0.3) is 11.0 Å². The number of H-pyrrole nitrogens is 1. The number of aromatic nitrogens is 2. The quantitative estimate of drug-likeness (QED) is 0.755. The van der Waals surface area contributed by atoms with Crippen molar-refractivity contribution in [1.82, 2.24) is 9.97 Å². The molecule has 106 valence electrons. The zero-order valence-electron chi connectivity index (χ0n) is 11.9. The van der Waals surface area contributed by atoms with Crippen LogP contribution in [0.5, 0.6) is 0 Å². The van der Waals surface area contributed by atoms with Gasteiger partial charge in [-0.05, 0) is 30.0 Å². The minimum Gasteiger partial charge on any atom is -0.404 e. The maximum Gasteiger partial charge on any atom is 0.137 e. The molecule has 2 heterocycles. The number of nitrogens with one attached hydrogen (secondary N) is 1. The van der Waals surface area contributed by atoms with Crippen molar-refractivity contribution in [3.63, 3.8) is 0 Å². The molecule has 0 saturated carbocycles. The normalized spacial score (nSPS) is 9.68. The zero-order valence-corrected chi connectivity index (χ0v) is 12.7. The first-order valence-electron chi connectivity index (χ1n) is 6.36. The number of nitrogens with zero attached hydrogens (tertiary/aromatic N) is 1. The Morgan fingerprint density at radius 3 is 2.74 bits per heavy atom. The molecule has 5 N–H and O–H groups in total. The summed E-state index contributed by atoms with van der Waals surface area (Å²) in [6, 6.07) is 4.01. The average molecular weight is 280 g/mol. The highest BCUT2D eigenvalue weighted by Crippen LogP contribution is 2.12. The van der Waals surface area contributed by atoms with Crippen LogP contribution in [0.2, 0.25) is 0 Å². The van der Waals surface area contributed by atoms with E-state index in [1.54, 1.807) is 18.0 Å². The summed E-state index contributed by atoms with van der Waals surface area (Å²) in [5, 5.41) is 3.04. The molecule has 4 nitrogen and oxygen atoms in total. The van der Waals surface area contributed by atoms with Crippen LogP contribution in [0.1, 0.15) is 19.4 Å². The fourth-order valence-electron chi connectivity index (χ4n) is 1.28. The predicted molar refractivity (Wildman–Crippen MR) is 87.0 cm³/mol. The van der Waals surface area contributed by atoms with E-state index in [1.807, 2.05) is 31.5 Å². The summed E-state index contributed by atoms with van der Waals surface area (Å²) in [4.78, 5) is 7.22. The number of aryl methyl sites for hydroxylation is 1. The molecule has 0 aliphatic rings. The van der Waals surface area contributed by atoms with Crippen LogP contribution in [0, 0.1) is 6.92 Å². The van der Waals surface area contributed by atoms with E-state index < -0.39 is 0 Å². The van der Waals surface area contributed by atoms with E-state index in [4.69, 9.17) is 11.5 Å². The summed E-state index contributed by atoms with van der Waals surface area (Å²) in [5.41, 5.74) is 12.4. The third-order valence-electron chi connectivity index (χ3n) is 2.07. The first-order chi connectivity index (χ1) is 9.29. The number of hydrogen-bond acceptors (Lipinski definition) is 4. The Kier molecular flexibility index (Phi) is 10.7. The van der Waals surface area contributed by atoms with Gasteiger partial charge < -0.3 is 16.5 Å². The van der Waals surface area contributed by atoms with Gasteiger partial charge in [-0.1, -0.05) is 13.8 Å². The Bertz CT molecular complexity index is 465. The minimum absolute atomic E-state index is 0.717. The first-order valence-corrected chi connectivity index (χ1v) is 7.41. The monoisotopic (exact) mass is 280 g/mol. The Balaban J connectivity index is 0.000000321. The highest BCUT2D eigenvalue weighted by Gasteiger charge is 1.95. The highest BCUT2D eigenvalue weighted by molar-refractivity contribution is 8.02. The van der Waals surface area contributed by atoms with Crippen LogP contribution in [0.15, 0.2) is 36.1 Å². The molecule has 0 spiro atoms.